The second-order valence-corrected chi connectivity index (χ2v) is 5.25. The maximum atomic E-state index is 12.0. The zero-order valence-electron chi connectivity index (χ0n) is 11.8. The first-order valence-electron chi connectivity index (χ1n) is 6.84. The molecule has 1 saturated heterocycles. The fourth-order valence-electron chi connectivity index (χ4n) is 2.24. The van der Waals surface area contributed by atoms with Gasteiger partial charge in [0.05, 0.1) is 0 Å². The van der Waals surface area contributed by atoms with Gasteiger partial charge in [-0.05, 0) is 18.9 Å². The summed E-state index contributed by atoms with van der Waals surface area (Å²) in [5, 5.41) is 14.2. The van der Waals surface area contributed by atoms with Gasteiger partial charge in [-0.2, -0.15) is 0 Å². The highest BCUT2D eigenvalue weighted by molar-refractivity contribution is 5.92. The van der Waals surface area contributed by atoms with Crippen molar-refractivity contribution in [2.45, 2.75) is 38.3 Å². The van der Waals surface area contributed by atoms with E-state index in [4.69, 9.17) is 0 Å². The molecule has 2 atom stereocenters. The van der Waals surface area contributed by atoms with Gasteiger partial charge < -0.3 is 15.7 Å². The largest absolute Gasteiger partial charge is 0.480 e. The molecule has 2 amide bonds. The Morgan fingerprint density at radius 3 is 2.57 bits per heavy atom. The van der Waals surface area contributed by atoms with E-state index >= 15 is 0 Å². The van der Waals surface area contributed by atoms with Crippen LogP contribution in [0, 0.1) is 6.92 Å². The third-order valence-electron chi connectivity index (χ3n) is 3.49. The van der Waals surface area contributed by atoms with E-state index in [0.717, 1.165) is 11.1 Å². The molecule has 0 aliphatic carbocycles. The van der Waals surface area contributed by atoms with E-state index in [0.29, 0.717) is 12.8 Å². The molecule has 0 unspecified atom stereocenters. The SMILES string of the molecule is Cc1ccc(C[C@H](NC(=O)[C@H]2CCC(=O)N2)C(=O)O)cc1. The standard InChI is InChI=1S/C15H18N2O4/c1-9-2-4-10(5-3-9)8-12(15(20)21)17-14(19)11-6-7-13(18)16-11/h2-5,11-12H,6-8H2,1H3,(H,16,18)(H,17,19)(H,20,21)/t11-,12+/m1/s1. The van der Waals surface area contributed by atoms with Crippen molar-refractivity contribution in [1.29, 1.82) is 0 Å². The van der Waals surface area contributed by atoms with Gasteiger partial charge in [0.15, 0.2) is 0 Å². The lowest BCUT2D eigenvalue weighted by molar-refractivity contribution is -0.142. The van der Waals surface area contributed by atoms with Gasteiger partial charge in [0.1, 0.15) is 12.1 Å². The van der Waals surface area contributed by atoms with Crippen molar-refractivity contribution in [2.75, 3.05) is 0 Å². The van der Waals surface area contributed by atoms with Gasteiger partial charge in [0, 0.05) is 12.8 Å². The van der Waals surface area contributed by atoms with Crippen LogP contribution in [0.4, 0.5) is 0 Å². The quantitative estimate of drug-likeness (QED) is 0.731. The number of carbonyl (C=O) groups excluding carboxylic acids is 2. The molecule has 1 fully saturated rings. The maximum Gasteiger partial charge on any atom is 0.326 e. The molecule has 1 heterocycles. The van der Waals surface area contributed by atoms with Gasteiger partial charge in [-0.3, -0.25) is 9.59 Å². The number of hydrogen-bond acceptors (Lipinski definition) is 3. The Hall–Kier alpha value is -2.37. The maximum absolute atomic E-state index is 12.0. The van der Waals surface area contributed by atoms with Gasteiger partial charge in [0.2, 0.25) is 11.8 Å². The third-order valence-corrected chi connectivity index (χ3v) is 3.49. The number of carboxylic acids is 1. The minimum Gasteiger partial charge on any atom is -0.480 e. The Kier molecular flexibility index (Phi) is 4.57. The molecule has 0 bridgehead atoms. The van der Waals surface area contributed by atoms with Crippen molar-refractivity contribution in [1.82, 2.24) is 10.6 Å². The molecule has 6 heteroatoms. The number of aryl methyl sites for hydroxylation is 1. The molecule has 21 heavy (non-hydrogen) atoms. The number of carbonyl (C=O) groups is 3. The number of aliphatic carboxylic acids is 1. The summed E-state index contributed by atoms with van der Waals surface area (Å²) >= 11 is 0. The van der Waals surface area contributed by atoms with Crippen LogP contribution in [0.5, 0.6) is 0 Å². The molecule has 1 aliphatic rings. The van der Waals surface area contributed by atoms with E-state index in [1.54, 1.807) is 0 Å². The predicted octanol–water partition coefficient (Wildman–Crippen LogP) is 0.386. The molecule has 0 radical (unpaired) electrons. The van der Waals surface area contributed by atoms with E-state index < -0.39 is 24.0 Å². The fraction of sp³-hybridized carbons (Fsp3) is 0.400. The summed E-state index contributed by atoms with van der Waals surface area (Å²) < 4.78 is 0. The number of carboxylic acid groups (broad SMARTS) is 1. The number of rotatable bonds is 5. The molecule has 3 N–H and O–H groups in total. The van der Waals surface area contributed by atoms with Crippen molar-refractivity contribution in [2.24, 2.45) is 0 Å². The van der Waals surface area contributed by atoms with Crippen LogP contribution in [-0.2, 0) is 20.8 Å². The smallest absolute Gasteiger partial charge is 0.326 e. The lowest BCUT2D eigenvalue weighted by Crippen LogP contribution is -2.49. The summed E-state index contributed by atoms with van der Waals surface area (Å²) in [4.78, 5) is 34.3. The minimum atomic E-state index is -1.09. The Balaban J connectivity index is 1.99. The van der Waals surface area contributed by atoms with Gasteiger partial charge in [-0.15, -0.1) is 0 Å². The number of nitrogens with one attached hydrogen (secondary N) is 2. The summed E-state index contributed by atoms with van der Waals surface area (Å²) in [6.07, 6.45) is 0.914. The van der Waals surface area contributed by atoms with Crippen LogP contribution in [0.1, 0.15) is 24.0 Å². The first kappa shape index (κ1) is 15.0. The van der Waals surface area contributed by atoms with Crippen molar-refractivity contribution in [3.05, 3.63) is 35.4 Å². The summed E-state index contributed by atoms with van der Waals surface area (Å²) in [5.74, 6) is -1.71. The van der Waals surface area contributed by atoms with Gasteiger partial charge in [0.25, 0.3) is 0 Å². The highest BCUT2D eigenvalue weighted by Gasteiger charge is 2.30. The Morgan fingerprint density at radius 1 is 1.38 bits per heavy atom. The van der Waals surface area contributed by atoms with Gasteiger partial charge in [-0.1, -0.05) is 29.8 Å². The van der Waals surface area contributed by atoms with E-state index in [2.05, 4.69) is 10.6 Å². The van der Waals surface area contributed by atoms with Gasteiger partial charge in [-0.25, -0.2) is 4.79 Å². The van der Waals surface area contributed by atoms with Crippen LogP contribution >= 0.6 is 0 Å². The lowest BCUT2D eigenvalue weighted by atomic mass is 10.0. The number of amides is 2. The monoisotopic (exact) mass is 290 g/mol. The first-order chi connectivity index (χ1) is 9.95. The molecule has 1 aliphatic heterocycles. The lowest BCUT2D eigenvalue weighted by Gasteiger charge is -2.17. The Labute approximate surface area is 122 Å². The number of hydrogen-bond donors (Lipinski definition) is 3. The topological polar surface area (TPSA) is 95.5 Å². The summed E-state index contributed by atoms with van der Waals surface area (Å²) in [6.45, 7) is 1.95. The van der Waals surface area contributed by atoms with Crippen molar-refractivity contribution in [3.63, 3.8) is 0 Å². The van der Waals surface area contributed by atoms with Crippen LogP contribution in [0.2, 0.25) is 0 Å². The second kappa shape index (κ2) is 6.39. The zero-order valence-corrected chi connectivity index (χ0v) is 11.8. The zero-order chi connectivity index (χ0) is 15.4. The van der Waals surface area contributed by atoms with Crippen LogP contribution in [0.25, 0.3) is 0 Å². The number of benzene rings is 1. The molecule has 0 aromatic heterocycles. The van der Waals surface area contributed by atoms with E-state index in [9.17, 15) is 19.5 Å². The first-order valence-corrected chi connectivity index (χ1v) is 6.84. The van der Waals surface area contributed by atoms with E-state index in [1.165, 1.54) is 0 Å². The van der Waals surface area contributed by atoms with Crippen LogP contribution < -0.4 is 10.6 Å². The molecule has 1 aromatic carbocycles. The molecular weight excluding hydrogens is 272 g/mol. The van der Waals surface area contributed by atoms with Crippen molar-refractivity contribution in [3.8, 4) is 0 Å². The van der Waals surface area contributed by atoms with Crippen molar-refractivity contribution >= 4 is 17.8 Å². The predicted molar refractivity (Wildman–Crippen MR) is 75.6 cm³/mol. The normalized spacial score (nSPS) is 18.9. The van der Waals surface area contributed by atoms with Crippen LogP contribution in [0.3, 0.4) is 0 Å². The van der Waals surface area contributed by atoms with Crippen LogP contribution in [-0.4, -0.2) is 35.0 Å². The van der Waals surface area contributed by atoms with Crippen molar-refractivity contribution < 1.29 is 19.5 Å². The minimum absolute atomic E-state index is 0.180. The fourth-order valence-corrected chi connectivity index (χ4v) is 2.24. The Morgan fingerprint density at radius 2 is 2.05 bits per heavy atom. The summed E-state index contributed by atoms with van der Waals surface area (Å²) in [6, 6.07) is 5.85. The average Bonchev–Trinajstić information content (AvgIpc) is 2.87. The molecule has 0 saturated carbocycles. The summed E-state index contributed by atoms with van der Waals surface area (Å²) in [5.41, 5.74) is 1.92. The molecule has 0 spiro atoms. The molecular formula is C15H18N2O4. The van der Waals surface area contributed by atoms with E-state index in [1.807, 2.05) is 31.2 Å². The third kappa shape index (κ3) is 4.05. The van der Waals surface area contributed by atoms with Crippen LogP contribution in [0.15, 0.2) is 24.3 Å². The molecule has 2 rings (SSSR count). The van der Waals surface area contributed by atoms with E-state index in [-0.39, 0.29) is 12.3 Å². The highest BCUT2D eigenvalue weighted by Crippen LogP contribution is 2.09. The second-order valence-electron chi connectivity index (χ2n) is 5.25. The highest BCUT2D eigenvalue weighted by atomic mass is 16.4. The molecule has 1 aromatic rings. The Bertz CT molecular complexity index is 553. The average molecular weight is 290 g/mol. The molecule has 112 valence electrons. The molecule has 6 nitrogen and oxygen atoms in total. The van der Waals surface area contributed by atoms with Gasteiger partial charge >= 0.3 is 5.97 Å². The summed E-state index contributed by atoms with van der Waals surface area (Å²) in [7, 11) is 0.